The standard InChI is InChI=1S/C53H88O6/c1-4-7-10-13-16-19-21-23-24-25-26-27-28-30-31-34-37-40-43-46-52(55)58-49-50(48-57-51(54)45-42-39-36-33-18-15-12-9-6-3)59-53(56)47-44-41-38-35-32-29-22-20-17-14-11-8-5-2/h8-9,11-12,14,17-18,20,22,29,32-33,39,42,50H,4-7,10,13,15-16,19,21,23-28,30-31,34-38,40-41,43-49H2,1-3H3/b11-8-,12-9-,17-14-,22-20-,32-29-,33-18-,42-39-. The Morgan fingerprint density at radius 2 is 0.797 bits per heavy atom. The first-order chi connectivity index (χ1) is 29.0. The van der Waals surface area contributed by atoms with Crippen LogP contribution in [0, 0.1) is 0 Å². The number of ether oxygens (including phenoxy) is 3. The molecule has 0 aliphatic carbocycles. The van der Waals surface area contributed by atoms with E-state index in [4.69, 9.17) is 14.2 Å². The highest BCUT2D eigenvalue weighted by molar-refractivity contribution is 5.72. The lowest BCUT2D eigenvalue weighted by molar-refractivity contribution is -0.166. The Labute approximate surface area is 363 Å². The second-order valence-electron chi connectivity index (χ2n) is 15.7. The normalized spacial score (nSPS) is 12.8. The molecule has 0 heterocycles. The predicted octanol–water partition coefficient (Wildman–Crippen LogP) is 15.6. The molecule has 0 aromatic heterocycles. The lowest BCUT2D eigenvalue weighted by Crippen LogP contribution is -2.30. The molecule has 0 saturated heterocycles. The van der Waals surface area contributed by atoms with Crippen molar-refractivity contribution in [3.63, 3.8) is 0 Å². The fourth-order valence-electron chi connectivity index (χ4n) is 6.45. The van der Waals surface area contributed by atoms with Crippen molar-refractivity contribution < 1.29 is 28.6 Å². The molecular formula is C53H88O6. The van der Waals surface area contributed by atoms with Crippen LogP contribution in [0.5, 0.6) is 0 Å². The van der Waals surface area contributed by atoms with Crippen LogP contribution in [0.2, 0.25) is 0 Å². The summed E-state index contributed by atoms with van der Waals surface area (Å²) in [5.74, 6) is -1.09. The minimum absolute atomic E-state index is 0.119. The van der Waals surface area contributed by atoms with E-state index in [0.717, 1.165) is 64.2 Å². The van der Waals surface area contributed by atoms with Gasteiger partial charge in [-0.3, -0.25) is 14.4 Å². The number of rotatable bonds is 42. The third-order valence-electron chi connectivity index (χ3n) is 10.0. The highest BCUT2D eigenvalue weighted by atomic mass is 16.6. The maximum absolute atomic E-state index is 12.7. The molecule has 0 fully saturated rings. The zero-order valence-electron chi connectivity index (χ0n) is 38.2. The van der Waals surface area contributed by atoms with Gasteiger partial charge in [0.25, 0.3) is 0 Å². The number of allylic oxidation sites excluding steroid dienone is 13. The first kappa shape index (κ1) is 55.6. The number of hydrogen-bond donors (Lipinski definition) is 0. The third-order valence-corrected chi connectivity index (χ3v) is 10.0. The number of unbranched alkanes of at least 4 members (excludes halogenated alkanes) is 21. The molecule has 1 unspecified atom stereocenters. The highest BCUT2D eigenvalue weighted by Crippen LogP contribution is 2.15. The monoisotopic (exact) mass is 821 g/mol. The van der Waals surface area contributed by atoms with Crippen LogP contribution >= 0.6 is 0 Å². The molecule has 0 bridgehead atoms. The van der Waals surface area contributed by atoms with Crippen LogP contribution in [-0.4, -0.2) is 37.2 Å². The van der Waals surface area contributed by atoms with E-state index in [9.17, 15) is 14.4 Å². The summed E-state index contributed by atoms with van der Waals surface area (Å²) in [4.78, 5) is 37.7. The van der Waals surface area contributed by atoms with Crippen molar-refractivity contribution >= 4 is 17.9 Å². The van der Waals surface area contributed by atoms with E-state index in [1.165, 1.54) is 103 Å². The summed E-state index contributed by atoms with van der Waals surface area (Å²) in [5.41, 5.74) is 0. The molecule has 336 valence electrons. The molecule has 0 saturated carbocycles. The SMILES string of the molecule is CC\C=C/C=C\C=C/C=C\CCCCCC(=O)OC(COC(=O)C/C=C\C/C=C\C/C=C\CC)COC(=O)CCCCCCCCCCCCCCCCCCCCC. The first-order valence-corrected chi connectivity index (χ1v) is 24.1. The summed E-state index contributed by atoms with van der Waals surface area (Å²) in [6, 6.07) is 0. The molecule has 0 aromatic carbocycles. The smallest absolute Gasteiger partial charge is 0.309 e. The van der Waals surface area contributed by atoms with Gasteiger partial charge in [0, 0.05) is 12.8 Å². The van der Waals surface area contributed by atoms with Gasteiger partial charge < -0.3 is 14.2 Å². The molecule has 59 heavy (non-hydrogen) atoms. The summed E-state index contributed by atoms with van der Waals surface area (Å²) in [6.45, 7) is 6.24. The summed E-state index contributed by atoms with van der Waals surface area (Å²) < 4.78 is 16.6. The Kier molecular flexibility index (Phi) is 44.5. The summed E-state index contributed by atoms with van der Waals surface area (Å²) in [6.07, 6.45) is 60.4. The number of carbonyl (C=O) groups is 3. The lowest BCUT2D eigenvalue weighted by atomic mass is 10.0. The Morgan fingerprint density at radius 3 is 1.32 bits per heavy atom. The molecule has 0 amide bonds. The number of carbonyl (C=O) groups excluding carboxylic acids is 3. The van der Waals surface area contributed by atoms with E-state index in [1.54, 1.807) is 6.08 Å². The lowest BCUT2D eigenvalue weighted by Gasteiger charge is -2.18. The van der Waals surface area contributed by atoms with Crippen molar-refractivity contribution in [2.24, 2.45) is 0 Å². The zero-order chi connectivity index (χ0) is 43.0. The molecule has 0 spiro atoms. The van der Waals surface area contributed by atoms with Crippen LogP contribution in [0.25, 0.3) is 0 Å². The topological polar surface area (TPSA) is 78.9 Å². The molecular weight excluding hydrogens is 733 g/mol. The Morgan fingerprint density at radius 1 is 0.390 bits per heavy atom. The first-order valence-electron chi connectivity index (χ1n) is 24.1. The van der Waals surface area contributed by atoms with Gasteiger partial charge in [-0.1, -0.05) is 228 Å². The largest absolute Gasteiger partial charge is 0.462 e. The fourth-order valence-corrected chi connectivity index (χ4v) is 6.45. The van der Waals surface area contributed by atoms with Gasteiger partial charge in [0.15, 0.2) is 6.10 Å². The van der Waals surface area contributed by atoms with Gasteiger partial charge in [-0.2, -0.15) is 0 Å². The minimum atomic E-state index is -0.829. The van der Waals surface area contributed by atoms with Gasteiger partial charge in [0.2, 0.25) is 0 Å². The van der Waals surface area contributed by atoms with Gasteiger partial charge >= 0.3 is 17.9 Å². The maximum Gasteiger partial charge on any atom is 0.309 e. The van der Waals surface area contributed by atoms with Gasteiger partial charge in [0.1, 0.15) is 13.2 Å². The molecule has 1 atom stereocenters. The predicted molar refractivity (Wildman–Crippen MR) is 251 cm³/mol. The van der Waals surface area contributed by atoms with E-state index in [-0.39, 0.29) is 38.0 Å². The van der Waals surface area contributed by atoms with Crippen molar-refractivity contribution in [2.75, 3.05) is 13.2 Å². The number of esters is 3. The molecule has 0 radical (unpaired) electrons. The van der Waals surface area contributed by atoms with Gasteiger partial charge in [0.05, 0.1) is 6.42 Å². The zero-order valence-corrected chi connectivity index (χ0v) is 38.2. The fraction of sp³-hybridized carbons (Fsp3) is 0.679. The average Bonchev–Trinajstić information content (AvgIpc) is 3.23. The highest BCUT2D eigenvalue weighted by Gasteiger charge is 2.19. The molecule has 6 nitrogen and oxygen atoms in total. The van der Waals surface area contributed by atoms with Crippen LogP contribution in [0.1, 0.15) is 213 Å². The van der Waals surface area contributed by atoms with Gasteiger partial charge in [-0.25, -0.2) is 0 Å². The second-order valence-corrected chi connectivity index (χ2v) is 15.7. The van der Waals surface area contributed by atoms with E-state index in [0.29, 0.717) is 12.8 Å². The molecule has 0 rings (SSSR count). The van der Waals surface area contributed by atoms with Crippen LogP contribution in [-0.2, 0) is 28.6 Å². The minimum Gasteiger partial charge on any atom is -0.462 e. The molecule has 0 N–H and O–H groups in total. The van der Waals surface area contributed by atoms with Crippen molar-refractivity contribution in [1.82, 2.24) is 0 Å². The summed E-state index contributed by atoms with van der Waals surface area (Å²) >= 11 is 0. The van der Waals surface area contributed by atoms with E-state index < -0.39 is 12.1 Å². The molecule has 0 aliphatic heterocycles. The van der Waals surface area contributed by atoms with Crippen LogP contribution in [0.3, 0.4) is 0 Å². The van der Waals surface area contributed by atoms with Crippen LogP contribution < -0.4 is 0 Å². The van der Waals surface area contributed by atoms with Gasteiger partial charge in [-0.05, 0) is 51.4 Å². The maximum atomic E-state index is 12.7. The van der Waals surface area contributed by atoms with E-state index in [2.05, 4.69) is 57.2 Å². The summed E-state index contributed by atoms with van der Waals surface area (Å²) in [7, 11) is 0. The van der Waals surface area contributed by atoms with E-state index in [1.807, 2.05) is 42.5 Å². The van der Waals surface area contributed by atoms with Crippen molar-refractivity contribution in [3.05, 3.63) is 85.1 Å². The van der Waals surface area contributed by atoms with Crippen molar-refractivity contribution in [3.8, 4) is 0 Å². The Balaban J connectivity index is 4.38. The third kappa shape index (κ3) is 45.5. The Hall–Kier alpha value is -3.41. The molecule has 6 heteroatoms. The molecule has 0 aromatic rings. The van der Waals surface area contributed by atoms with Crippen LogP contribution in [0.4, 0.5) is 0 Å². The second kappa shape index (κ2) is 47.3. The molecule has 0 aliphatic rings. The van der Waals surface area contributed by atoms with Crippen molar-refractivity contribution in [2.45, 2.75) is 219 Å². The van der Waals surface area contributed by atoms with E-state index >= 15 is 0 Å². The Bertz CT molecular complexity index is 1170. The van der Waals surface area contributed by atoms with Crippen molar-refractivity contribution in [1.29, 1.82) is 0 Å². The quantitative estimate of drug-likeness (QED) is 0.0201. The summed E-state index contributed by atoms with van der Waals surface area (Å²) in [5, 5.41) is 0. The van der Waals surface area contributed by atoms with Crippen LogP contribution in [0.15, 0.2) is 85.1 Å². The number of hydrogen-bond acceptors (Lipinski definition) is 6. The average molecular weight is 821 g/mol. The van der Waals surface area contributed by atoms with Gasteiger partial charge in [-0.15, -0.1) is 0 Å².